The van der Waals surface area contributed by atoms with Gasteiger partial charge in [0.05, 0.1) is 18.7 Å². The molecule has 2 N–H and O–H groups in total. The van der Waals surface area contributed by atoms with Gasteiger partial charge in [0.2, 0.25) is 11.1 Å². The number of esters is 1. The number of fused-ring (bicyclic) bond motifs is 1. The van der Waals surface area contributed by atoms with Crippen LogP contribution in [0.25, 0.3) is 11.4 Å². The Labute approximate surface area is 213 Å². The van der Waals surface area contributed by atoms with Crippen LogP contribution in [0.4, 0.5) is 5.69 Å². The van der Waals surface area contributed by atoms with Gasteiger partial charge < -0.3 is 15.5 Å². The van der Waals surface area contributed by atoms with E-state index >= 15 is 0 Å². The summed E-state index contributed by atoms with van der Waals surface area (Å²) in [7, 11) is 1.35. The second-order valence-corrected chi connectivity index (χ2v) is 9.61. The molecule has 5 rings (SSSR count). The van der Waals surface area contributed by atoms with Crippen molar-refractivity contribution in [3.63, 3.8) is 0 Å². The van der Waals surface area contributed by atoms with Crippen molar-refractivity contribution in [2.45, 2.75) is 30.3 Å². The van der Waals surface area contributed by atoms with Crippen molar-refractivity contribution < 1.29 is 14.3 Å². The van der Waals surface area contributed by atoms with Crippen LogP contribution in [0.1, 0.15) is 33.1 Å². The minimum absolute atomic E-state index is 0.154. The van der Waals surface area contributed by atoms with E-state index in [2.05, 4.69) is 20.9 Å². The van der Waals surface area contributed by atoms with Crippen LogP contribution >= 0.6 is 11.8 Å². The Morgan fingerprint density at radius 2 is 1.72 bits per heavy atom. The van der Waals surface area contributed by atoms with Crippen molar-refractivity contribution >= 4 is 29.3 Å². The molecule has 0 saturated carbocycles. The van der Waals surface area contributed by atoms with Gasteiger partial charge >= 0.3 is 5.97 Å². The number of aromatic nitrogens is 3. The highest BCUT2D eigenvalue weighted by Crippen LogP contribution is 2.39. The van der Waals surface area contributed by atoms with E-state index < -0.39 is 17.3 Å². The summed E-state index contributed by atoms with van der Waals surface area (Å²) in [5, 5.41) is 11.9. The van der Waals surface area contributed by atoms with Crippen LogP contribution in [0.3, 0.4) is 0 Å². The normalized spacial score (nSPS) is 16.5. The number of rotatable bonds is 5. The fourth-order valence-corrected chi connectivity index (χ4v) is 5.19. The number of amides is 1. The number of nitrogens with one attached hydrogen (secondary N) is 2. The van der Waals surface area contributed by atoms with Gasteiger partial charge in [0.1, 0.15) is 5.25 Å². The second-order valence-electron chi connectivity index (χ2n) is 8.50. The van der Waals surface area contributed by atoms with E-state index in [0.717, 1.165) is 27.9 Å². The Balaban J connectivity index is 1.52. The minimum atomic E-state index is -0.547. The molecule has 0 unspecified atom stereocenters. The number of methoxy groups -OCH3 is 1. The standard InChI is InChI=1S/C27H25N5O3S/c1-16-8-7-11-21(17(16)2)28-25(33)23-22(18-12-14-20(15-13-18)26(34)35-3)31-32-24(29-30-27(32)36-23)19-9-5-4-6-10-19/h4-15,22-23,31H,1-3H3,(H,28,33)/t22-,23-/m1/s1. The van der Waals surface area contributed by atoms with Crippen molar-refractivity contribution in [2.24, 2.45) is 0 Å². The third-order valence-corrected chi connectivity index (χ3v) is 7.50. The van der Waals surface area contributed by atoms with E-state index in [4.69, 9.17) is 4.74 Å². The van der Waals surface area contributed by atoms with Crippen molar-refractivity contribution in [3.05, 3.63) is 95.1 Å². The summed E-state index contributed by atoms with van der Waals surface area (Å²) in [6, 6.07) is 22.2. The lowest BCUT2D eigenvalue weighted by molar-refractivity contribution is -0.116. The topological polar surface area (TPSA) is 98.1 Å². The van der Waals surface area contributed by atoms with Gasteiger partial charge in [-0.2, -0.15) is 0 Å². The van der Waals surface area contributed by atoms with E-state index in [9.17, 15) is 9.59 Å². The van der Waals surface area contributed by atoms with E-state index in [1.807, 2.05) is 79.2 Å². The minimum Gasteiger partial charge on any atom is -0.465 e. The summed E-state index contributed by atoms with van der Waals surface area (Å²) in [6.45, 7) is 4.00. The smallest absolute Gasteiger partial charge is 0.337 e. The third kappa shape index (κ3) is 4.45. The van der Waals surface area contributed by atoms with E-state index in [1.54, 1.807) is 12.1 Å². The molecule has 0 saturated heterocycles. The van der Waals surface area contributed by atoms with Crippen LogP contribution in [0, 0.1) is 13.8 Å². The molecule has 2 heterocycles. The Bertz CT molecular complexity index is 1420. The molecule has 182 valence electrons. The molecule has 4 aromatic rings. The second kappa shape index (κ2) is 9.87. The fraction of sp³-hybridized carbons (Fsp3) is 0.185. The van der Waals surface area contributed by atoms with E-state index in [1.165, 1.54) is 18.9 Å². The Morgan fingerprint density at radius 3 is 2.44 bits per heavy atom. The number of hydrogen-bond donors (Lipinski definition) is 2. The molecule has 36 heavy (non-hydrogen) atoms. The van der Waals surface area contributed by atoms with Gasteiger partial charge in [0, 0.05) is 11.3 Å². The van der Waals surface area contributed by atoms with Crippen molar-refractivity contribution in [1.29, 1.82) is 0 Å². The monoisotopic (exact) mass is 499 g/mol. The van der Waals surface area contributed by atoms with Gasteiger partial charge in [-0.05, 0) is 48.7 Å². The number of hydrogen-bond acceptors (Lipinski definition) is 7. The Morgan fingerprint density at radius 1 is 0.972 bits per heavy atom. The van der Waals surface area contributed by atoms with Crippen LogP contribution in [-0.2, 0) is 9.53 Å². The summed E-state index contributed by atoms with van der Waals surface area (Å²) in [5.41, 5.74) is 8.55. The number of carbonyl (C=O) groups is 2. The van der Waals surface area contributed by atoms with Gasteiger partial charge in [0.15, 0.2) is 5.82 Å². The first-order valence-corrected chi connectivity index (χ1v) is 12.3. The van der Waals surface area contributed by atoms with Gasteiger partial charge in [-0.1, -0.05) is 66.4 Å². The lowest BCUT2D eigenvalue weighted by Crippen LogP contribution is -2.41. The maximum atomic E-state index is 13.6. The molecule has 8 nitrogen and oxygen atoms in total. The molecule has 0 radical (unpaired) electrons. The molecule has 1 amide bonds. The first-order valence-electron chi connectivity index (χ1n) is 11.5. The number of carbonyl (C=O) groups excluding carboxylic acids is 2. The third-order valence-electron chi connectivity index (χ3n) is 6.28. The number of anilines is 1. The largest absolute Gasteiger partial charge is 0.465 e. The van der Waals surface area contributed by atoms with E-state index in [0.29, 0.717) is 16.5 Å². The summed E-state index contributed by atoms with van der Waals surface area (Å²) >= 11 is 1.35. The summed E-state index contributed by atoms with van der Waals surface area (Å²) < 4.78 is 6.65. The highest BCUT2D eigenvalue weighted by Gasteiger charge is 2.38. The number of thioether (sulfide) groups is 1. The molecule has 1 aromatic heterocycles. The van der Waals surface area contributed by atoms with Crippen LogP contribution in [-0.4, -0.2) is 39.1 Å². The average Bonchev–Trinajstić information content (AvgIpc) is 3.33. The molecule has 1 aliphatic heterocycles. The van der Waals surface area contributed by atoms with Crippen LogP contribution in [0.5, 0.6) is 0 Å². The maximum Gasteiger partial charge on any atom is 0.337 e. The molecule has 0 bridgehead atoms. The van der Waals surface area contributed by atoms with Crippen molar-refractivity contribution in [3.8, 4) is 11.4 Å². The first kappa shape index (κ1) is 23.6. The molecular weight excluding hydrogens is 474 g/mol. The highest BCUT2D eigenvalue weighted by atomic mass is 32.2. The zero-order valence-corrected chi connectivity index (χ0v) is 20.9. The number of nitrogens with zero attached hydrogens (tertiary/aromatic N) is 3. The molecule has 1 aliphatic rings. The molecule has 0 spiro atoms. The molecule has 2 atom stereocenters. The summed E-state index contributed by atoms with van der Waals surface area (Å²) in [5.74, 6) is 0.0885. The first-order chi connectivity index (χ1) is 17.5. The fourth-order valence-electron chi connectivity index (χ4n) is 4.11. The SMILES string of the molecule is COC(=O)c1ccc([C@H]2Nn3c(nnc3-c3ccccc3)S[C@H]2C(=O)Nc2cccc(C)c2C)cc1. The molecule has 0 aliphatic carbocycles. The van der Waals surface area contributed by atoms with Crippen molar-refractivity contribution in [1.82, 2.24) is 14.9 Å². The Hall–Kier alpha value is -4.11. The summed E-state index contributed by atoms with van der Waals surface area (Å²) in [6.07, 6.45) is 0. The average molecular weight is 500 g/mol. The lowest BCUT2D eigenvalue weighted by Gasteiger charge is -2.33. The number of ether oxygens (including phenoxy) is 1. The van der Waals surface area contributed by atoms with Gasteiger partial charge in [-0.3, -0.25) is 4.79 Å². The molecule has 0 fully saturated rings. The van der Waals surface area contributed by atoms with Crippen LogP contribution < -0.4 is 10.7 Å². The molecule has 3 aromatic carbocycles. The van der Waals surface area contributed by atoms with Crippen molar-refractivity contribution in [2.75, 3.05) is 17.9 Å². The molecular formula is C27H25N5O3S. The molecule has 9 heteroatoms. The van der Waals surface area contributed by atoms with Crippen LogP contribution in [0.15, 0.2) is 78.0 Å². The summed E-state index contributed by atoms with van der Waals surface area (Å²) in [4.78, 5) is 25.6. The predicted octanol–water partition coefficient (Wildman–Crippen LogP) is 4.75. The number of benzene rings is 3. The van der Waals surface area contributed by atoms with Gasteiger partial charge in [-0.25, -0.2) is 9.47 Å². The maximum absolute atomic E-state index is 13.6. The van der Waals surface area contributed by atoms with E-state index in [-0.39, 0.29) is 5.91 Å². The predicted molar refractivity (Wildman–Crippen MR) is 140 cm³/mol. The van der Waals surface area contributed by atoms with Gasteiger partial charge in [-0.15, -0.1) is 10.2 Å². The van der Waals surface area contributed by atoms with Gasteiger partial charge in [0.25, 0.3) is 0 Å². The Kier molecular flexibility index (Phi) is 6.47. The quantitative estimate of drug-likeness (QED) is 0.383. The highest BCUT2D eigenvalue weighted by molar-refractivity contribution is 8.00. The number of aryl methyl sites for hydroxylation is 1. The zero-order chi connectivity index (χ0) is 25.2. The lowest BCUT2D eigenvalue weighted by atomic mass is 10.0. The van der Waals surface area contributed by atoms with Crippen LogP contribution in [0.2, 0.25) is 0 Å². The zero-order valence-electron chi connectivity index (χ0n) is 20.1.